The fraction of sp³-hybridized carbons (Fsp3) is 1.00. The second kappa shape index (κ2) is 1.01. The summed E-state index contributed by atoms with van der Waals surface area (Å²) in [6.07, 6.45) is 1.21. The van der Waals surface area contributed by atoms with Gasteiger partial charge in [-0.2, -0.15) is 0 Å². The SMILES string of the molecule is O[C@H]1[C@@H]2CN[C@H]1C2. The monoisotopic (exact) mass is 99.1 g/mol. The van der Waals surface area contributed by atoms with E-state index in [0.717, 1.165) is 6.54 Å². The maximum absolute atomic E-state index is 8.98. The molecular formula is C5H9NO. The lowest BCUT2D eigenvalue weighted by atomic mass is 9.83. The topological polar surface area (TPSA) is 32.3 Å². The summed E-state index contributed by atoms with van der Waals surface area (Å²) in [5, 5.41) is 12.2. The van der Waals surface area contributed by atoms with Crippen LogP contribution in [-0.2, 0) is 0 Å². The Balaban J connectivity index is 2.14. The minimum Gasteiger partial charge on any atom is -0.391 e. The van der Waals surface area contributed by atoms with Gasteiger partial charge in [0.25, 0.3) is 0 Å². The fourth-order valence-electron chi connectivity index (χ4n) is 1.45. The van der Waals surface area contributed by atoms with Crippen molar-refractivity contribution in [3.05, 3.63) is 0 Å². The van der Waals surface area contributed by atoms with Crippen molar-refractivity contribution in [2.45, 2.75) is 18.6 Å². The van der Waals surface area contributed by atoms with Gasteiger partial charge in [-0.3, -0.25) is 0 Å². The van der Waals surface area contributed by atoms with E-state index in [-0.39, 0.29) is 6.10 Å². The van der Waals surface area contributed by atoms with Gasteiger partial charge in [-0.1, -0.05) is 0 Å². The van der Waals surface area contributed by atoms with Crippen LogP contribution in [-0.4, -0.2) is 23.8 Å². The molecule has 0 aromatic heterocycles. The maximum atomic E-state index is 8.98. The van der Waals surface area contributed by atoms with Crippen LogP contribution >= 0.6 is 0 Å². The summed E-state index contributed by atoms with van der Waals surface area (Å²) < 4.78 is 0. The molecule has 2 bridgehead atoms. The minimum atomic E-state index is -0.000000000000000222. The van der Waals surface area contributed by atoms with Crippen LogP contribution in [0.2, 0.25) is 0 Å². The first-order valence-electron chi connectivity index (χ1n) is 2.79. The standard InChI is InChI=1S/C5H9NO/c7-5-3-1-4(5)6-2-3/h3-7H,1-2H2/t3-,4-,5-/m0/s1. The van der Waals surface area contributed by atoms with Crippen molar-refractivity contribution < 1.29 is 5.11 Å². The lowest BCUT2D eigenvalue weighted by Gasteiger charge is -2.28. The van der Waals surface area contributed by atoms with Gasteiger partial charge in [0.2, 0.25) is 0 Å². The van der Waals surface area contributed by atoms with E-state index in [0.29, 0.717) is 12.0 Å². The van der Waals surface area contributed by atoms with Crippen molar-refractivity contribution in [2.24, 2.45) is 5.92 Å². The van der Waals surface area contributed by atoms with Gasteiger partial charge in [0.05, 0.1) is 6.10 Å². The molecule has 0 radical (unpaired) electrons. The summed E-state index contributed by atoms with van der Waals surface area (Å²) in [7, 11) is 0. The molecule has 2 heteroatoms. The Hall–Kier alpha value is -0.0800. The van der Waals surface area contributed by atoms with Crippen LogP contribution in [0.4, 0.5) is 0 Å². The normalized spacial score (nSPS) is 57.0. The molecule has 2 aliphatic heterocycles. The van der Waals surface area contributed by atoms with Crippen LogP contribution in [0.15, 0.2) is 0 Å². The number of rotatable bonds is 0. The number of fused-ring (bicyclic) bond motifs is 1. The second-order valence-corrected chi connectivity index (χ2v) is 2.50. The number of aliphatic hydroxyl groups excluding tert-OH is 1. The summed E-state index contributed by atoms with van der Waals surface area (Å²) in [6.45, 7) is 1.05. The Morgan fingerprint density at radius 2 is 2.43 bits per heavy atom. The van der Waals surface area contributed by atoms with Crippen LogP contribution in [0.1, 0.15) is 6.42 Å². The Morgan fingerprint density at radius 3 is 2.57 bits per heavy atom. The van der Waals surface area contributed by atoms with Crippen molar-refractivity contribution in [2.75, 3.05) is 6.54 Å². The average Bonchev–Trinajstić information content (AvgIpc) is 2.18. The molecule has 3 atom stereocenters. The molecule has 0 spiro atoms. The molecule has 2 nitrogen and oxygen atoms in total. The molecule has 0 aromatic rings. The molecule has 3 aliphatic rings. The Morgan fingerprint density at radius 1 is 1.57 bits per heavy atom. The third-order valence-corrected chi connectivity index (χ3v) is 2.09. The van der Waals surface area contributed by atoms with Crippen molar-refractivity contribution in [3.8, 4) is 0 Å². The molecule has 0 amide bonds. The molecule has 3 rings (SSSR count). The van der Waals surface area contributed by atoms with Gasteiger partial charge in [0, 0.05) is 18.5 Å². The van der Waals surface area contributed by atoms with Gasteiger partial charge in [0.15, 0.2) is 0 Å². The zero-order chi connectivity index (χ0) is 4.85. The van der Waals surface area contributed by atoms with Gasteiger partial charge in [-0.15, -0.1) is 0 Å². The van der Waals surface area contributed by atoms with Crippen LogP contribution in [0.5, 0.6) is 0 Å². The average molecular weight is 99.1 g/mol. The quantitative estimate of drug-likeness (QED) is 0.422. The van der Waals surface area contributed by atoms with E-state index >= 15 is 0 Å². The van der Waals surface area contributed by atoms with Crippen LogP contribution in [0, 0.1) is 5.92 Å². The summed E-state index contributed by atoms with van der Waals surface area (Å²) in [6, 6.07) is 0.463. The molecule has 2 N–H and O–H groups in total. The summed E-state index contributed by atoms with van der Waals surface area (Å²) in [5.41, 5.74) is 0. The molecule has 0 unspecified atom stereocenters. The molecule has 3 fully saturated rings. The molecule has 2 saturated heterocycles. The molecule has 40 valence electrons. The first-order chi connectivity index (χ1) is 3.38. The Kier molecular flexibility index (Phi) is 0.557. The van der Waals surface area contributed by atoms with Gasteiger partial charge in [-0.05, 0) is 6.42 Å². The zero-order valence-corrected chi connectivity index (χ0v) is 4.09. The summed E-state index contributed by atoms with van der Waals surface area (Å²) in [5.74, 6) is 0.602. The van der Waals surface area contributed by atoms with Crippen LogP contribution in [0.3, 0.4) is 0 Å². The highest BCUT2D eigenvalue weighted by molar-refractivity contribution is 5.02. The van der Waals surface area contributed by atoms with E-state index < -0.39 is 0 Å². The van der Waals surface area contributed by atoms with E-state index in [1.54, 1.807) is 0 Å². The summed E-state index contributed by atoms with van der Waals surface area (Å²) >= 11 is 0. The predicted molar refractivity (Wildman–Crippen MR) is 25.9 cm³/mol. The number of hydrogen-bond donors (Lipinski definition) is 2. The number of aliphatic hydroxyl groups is 1. The number of nitrogens with one attached hydrogen (secondary N) is 1. The fourth-order valence-corrected chi connectivity index (χ4v) is 1.45. The van der Waals surface area contributed by atoms with Crippen molar-refractivity contribution in [3.63, 3.8) is 0 Å². The highest BCUT2D eigenvalue weighted by atomic mass is 16.3. The van der Waals surface area contributed by atoms with Crippen LogP contribution in [0.25, 0.3) is 0 Å². The maximum Gasteiger partial charge on any atom is 0.0734 e. The molecule has 1 aliphatic carbocycles. The minimum absolute atomic E-state index is 0.000000000000000222. The Labute approximate surface area is 42.5 Å². The molecule has 7 heavy (non-hydrogen) atoms. The highest BCUT2D eigenvalue weighted by Gasteiger charge is 2.45. The van der Waals surface area contributed by atoms with Gasteiger partial charge >= 0.3 is 0 Å². The van der Waals surface area contributed by atoms with Crippen molar-refractivity contribution in [1.82, 2.24) is 5.32 Å². The summed E-state index contributed by atoms with van der Waals surface area (Å²) in [4.78, 5) is 0. The molecule has 2 heterocycles. The van der Waals surface area contributed by atoms with Gasteiger partial charge in [0.1, 0.15) is 0 Å². The van der Waals surface area contributed by atoms with Gasteiger partial charge < -0.3 is 10.4 Å². The van der Waals surface area contributed by atoms with Gasteiger partial charge in [-0.25, -0.2) is 0 Å². The van der Waals surface area contributed by atoms with E-state index in [1.165, 1.54) is 6.42 Å². The van der Waals surface area contributed by atoms with E-state index in [1.807, 2.05) is 0 Å². The first-order valence-corrected chi connectivity index (χ1v) is 2.79. The first kappa shape index (κ1) is 3.87. The zero-order valence-electron chi connectivity index (χ0n) is 4.09. The van der Waals surface area contributed by atoms with E-state index in [4.69, 9.17) is 5.11 Å². The third kappa shape index (κ3) is 0.318. The second-order valence-electron chi connectivity index (χ2n) is 2.50. The van der Waals surface area contributed by atoms with Crippen molar-refractivity contribution >= 4 is 0 Å². The Bertz CT molecular complexity index is 80.1. The molecular weight excluding hydrogens is 90.1 g/mol. The smallest absolute Gasteiger partial charge is 0.0734 e. The van der Waals surface area contributed by atoms with Crippen LogP contribution < -0.4 is 5.32 Å². The largest absolute Gasteiger partial charge is 0.391 e. The molecule has 1 saturated carbocycles. The number of hydrogen-bond acceptors (Lipinski definition) is 2. The lowest BCUT2D eigenvalue weighted by molar-refractivity contribution is 0.0447. The predicted octanol–water partition coefficient (Wildman–Crippen LogP) is -0.661. The van der Waals surface area contributed by atoms with Crippen molar-refractivity contribution in [1.29, 1.82) is 0 Å². The highest BCUT2D eigenvalue weighted by Crippen LogP contribution is 2.33. The molecule has 0 aromatic carbocycles. The third-order valence-electron chi connectivity index (χ3n) is 2.09. The van der Waals surface area contributed by atoms with E-state index in [9.17, 15) is 0 Å². The van der Waals surface area contributed by atoms with E-state index in [2.05, 4.69) is 5.32 Å². The lowest BCUT2D eigenvalue weighted by Crippen LogP contribution is -2.41.